The van der Waals surface area contributed by atoms with Crippen LogP contribution in [0.15, 0.2) is 46.4 Å². The number of carbonyl (C=O) groups excluding carboxylic acids is 1. The molecule has 0 aliphatic rings. The third-order valence-electron chi connectivity index (χ3n) is 3.71. The quantitative estimate of drug-likeness (QED) is 0.333. The Morgan fingerprint density at radius 1 is 1.22 bits per heavy atom. The number of allylic oxidation sites excluding steroid dienone is 1. The summed E-state index contributed by atoms with van der Waals surface area (Å²) >= 11 is 3.46. The zero-order valence-electron chi connectivity index (χ0n) is 15.4. The van der Waals surface area contributed by atoms with Gasteiger partial charge in [-0.15, -0.1) is 0 Å². The van der Waals surface area contributed by atoms with Gasteiger partial charge in [-0.1, -0.05) is 19.1 Å². The molecule has 27 heavy (non-hydrogen) atoms. The van der Waals surface area contributed by atoms with E-state index in [0.29, 0.717) is 39.5 Å². The van der Waals surface area contributed by atoms with Gasteiger partial charge in [-0.3, -0.25) is 4.79 Å². The first-order valence-corrected chi connectivity index (χ1v) is 9.14. The molecule has 0 radical (unpaired) electrons. The Bertz CT molecular complexity index is 900. The smallest absolute Gasteiger partial charge is 0.203 e. The van der Waals surface area contributed by atoms with Crippen LogP contribution in [0.4, 0.5) is 0 Å². The number of Topliss-reactive ketones (excluding diaryl/α,β-unsaturated/α-hetero) is 1. The molecule has 2 rings (SSSR count). The molecule has 0 bridgehead atoms. The zero-order chi connectivity index (χ0) is 19.8. The van der Waals surface area contributed by atoms with Crippen LogP contribution in [0.3, 0.4) is 0 Å². The van der Waals surface area contributed by atoms with Crippen LogP contribution >= 0.6 is 15.9 Å². The second-order valence-electron chi connectivity index (χ2n) is 5.61. The number of hydrogen-bond acceptors (Lipinski definition) is 5. The largest absolute Gasteiger partial charge is 0.497 e. The van der Waals surface area contributed by atoms with Crippen LogP contribution < -0.4 is 14.2 Å². The van der Waals surface area contributed by atoms with Crippen molar-refractivity contribution in [1.82, 2.24) is 0 Å². The van der Waals surface area contributed by atoms with Gasteiger partial charge in [-0.05, 0) is 58.3 Å². The summed E-state index contributed by atoms with van der Waals surface area (Å²) in [5.74, 6) is 1.29. The molecule has 0 saturated heterocycles. The lowest BCUT2D eigenvalue weighted by Crippen LogP contribution is -2.03. The molecule has 0 heterocycles. The highest BCUT2D eigenvalue weighted by Gasteiger charge is 2.15. The summed E-state index contributed by atoms with van der Waals surface area (Å²) in [5.41, 5.74) is 1.05. The van der Waals surface area contributed by atoms with Crippen LogP contribution in [0, 0.1) is 11.3 Å². The number of ketones is 1. The van der Waals surface area contributed by atoms with Crippen LogP contribution in [-0.2, 0) is 0 Å². The summed E-state index contributed by atoms with van der Waals surface area (Å²) in [4.78, 5) is 12.7. The molecule has 5 nitrogen and oxygen atoms in total. The van der Waals surface area contributed by atoms with Gasteiger partial charge in [0.05, 0.1) is 25.3 Å². The van der Waals surface area contributed by atoms with Crippen LogP contribution in [0.2, 0.25) is 0 Å². The van der Waals surface area contributed by atoms with Crippen molar-refractivity contribution in [3.63, 3.8) is 0 Å². The first-order valence-electron chi connectivity index (χ1n) is 8.34. The number of halogens is 1. The first-order chi connectivity index (χ1) is 13.0. The lowest BCUT2D eigenvalue weighted by atomic mass is 10.0. The van der Waals surface area contributed by atoms with E-state index in [1.165, 1.54) is 13.2 Å². The van der Waals surface area contributed by atoms with Crippen molar-refractivity contribution in [3.05, 3.63) is 57.6 Å². The van der Waals surface area contributed by atoms with E-state index in [-0.39, 0.29) is 11.4 Å². The van der Waals surface area contributed by atoms with E-state index in [1.807, 2.05) is 13.0 Å². The topological polar surface area (TPSA) is 68.5 Å². The molecule has 0 aliphatic carbocycles. The van der Waals surface area contributed by atoms with Gasteiger partial charge in [0.15, 0.2) is 11.5 Å². The number of ether oxygens (including phenoxy) is 3. The molecule has 0 atom stereocenters. The molecule has 0 amide bonds. The fraction of sp³-hybridized carbons (Fsp3) is 0.238. The molecule has 2 aromatic rings. The van der Waals surface area contributed by atoms with Crippen molar-refractivity contribution < 1.29 is 19.0 Å². The molecule has 0 N–H and O–H groups in total. The Balaban J connectivity index is 2.40. The molecule has 0 unspecified atom stereocenters. The van der Waals surface area contributed by atoms with Crippen LogP contribution in [0.25, 0.3) is 6.08 Å². The molecule has 0 saturated carbocycles. The van der Waals surface area contributed by atoms with Crippen LogP contribution in [-0.4, -0.2) is 26.6 Å². The summed E-state index contributed by atoms with van der Waals surface area (Å²) in [6, 6.07) is 12.2. The normalized spacial score (nSPS) is 10.9. The lowest BCUT2D eigenvalue weighted by Gasteiger charge is -2.13. The molecule has 0 aliphatic heterocycles. The van der Waals surface area contributed by atoms with E-state index in [1.54, 1.807) is 43.5 Å². The highest BCUT2D eigenvalue weighted by molar-refractivity contribution is 9.10. The predicted molar refractivity (Wildman–Crippen MR) is 107 cm³/mol. The average Bonchev–Trinajstić information content (AvgIpc) is 2.70. The molecular weight excluding hydrogens is 410 g/mol. The molecular formula is C21H20BrNO4. The first kappa shape index (κ1) is 20.5. The highest BCUT2D eigenvalue weighted by Crippen LogP contribution is 2.37. The van der Waals surface area contributed by atoms with Gasteiger partial charge in [0.25, 0.3) is 0 Å². The van der Waals surface area contributed by atoms with Crippen molar-refractivity contribution >= 4 is 27.8 Å². The van der Waals surface area contributed by atoms with Crippen molar-refractivity contribution in [3.8, 4) is 23.3 Å². The Labute approximate surface area is 167 Å². The Kier molecular flexibility index (Phi) is 7.44. The second-order valence-corrected chi connectivity index (χ2v) is 6.47. The van der Waals surface area contributed by atoms with Gasteiger partial charge in [-0.25, -0.2) is 0 Å². The van der Waals surface area contributed by atoms with E-state index in [0.717, 1.165) is 6.42 Å². The van der Waals surface area contributed by atoms with Gasteiger partial charge in [0.2, 0.25) is 5.78 Å². The van der Waals surface area contributed by atoms with Crippen molar-refractivity contribution in [2.75, 3.05) is 20.8 Å². The molecule has 0 aromatic heterocycles. The van der Waals surface area contributed by atoms with E-state index >= 15 is 0 Å². The lowest BCUT2D eigenvalue weighted by molar-refractivity contribution is 0.103. The van der Waals surface area contributed by atoms with Gasteiger partial charge in [0, 0.05) is 5.56 Å². The highest BCUT2D eigenvalue weighted by atomic mass is 79.9. The van der Waals surface area contributed by atoms with Gasteiger partial charge < -0.3 is 14.2 Å². The molecule has 6 heteroatoms. The number of nitrogens with zero attached hydrogens (tertiary/aromatic N) is 1. The maximum absolute atomic E-state index is 12.7. The maximum Gasteiger partial charge on any atom is 0.203 e. The predicted octanol–water partition coefficient (Wildman–Crippen LogP) is 5.04. The third kappa shape index (κ3) is 5.11. The third-order valence-corrected chi connectivity index (χ3v) is 4.30. The van der Waals surface area contributed by atoms with Crippen LogP contribution in [0.5, 0.6) is 17.2 Å². The minimum atomic E-state index is -0.377. The van der Waals surface area contributed by atoms with Gasteiger partial charge >= 0.3 is 0 Å². The van der Waals surface area contributed by atoms with Gasteiger partial charge in [0.1, 0.15) is 17.4 Å². The maximum atomic E-state index is 12.7. The molecule has 2 aromatic carbocycles. The Morgan fingerprint density at radius 2 is 2.00 bits per heavy atom. The average molecular weight is 430 g/mol. The fourth-order valence-electron chi connectivity index (χ4n) is 2.40. The molecule has 0 fully saturated rings. The zero-order valence-corrected chi connectivity index (χ0v) is 17.0. The Hall–Kier alpha value is -2.78. The fourth-order valence-corrected chi connectivity index (χ4v) is 2.98. The van der Waals surface area contributed by atoms with Gasteiger partial charge in [-0.2, -0.15) is 5.26 Å². The number of nitriles is 1. The van der Waals surface area contributed by atoms with E-state index in [4.69, 9.17) is 14.2 Å². The summed E-state index contributed by atoms with van der Waals surface area (Å²) in [6.45, 7) is 2.57. The molecule has 0 spiro atoms. The number of rotatable bonds is 8. The minimum absolute atomic E-state index is 0.0134. The number of hydrogen-bond donors (Lipinski definition) is 0. The SMILES string of the molecule is CCCOc1c(Br)cc(/C=C(\C#N)C(=O)c2cccc(OC)c2)cc1OC. The van der Waals surface area contributed by atoms with Crippen molar-refractivity contribution in [2.45, 2.75) is 13.3 Å². The summed E-state index contributed by atoms with van der Waals surface area (Å²) in [5, 5.41) is 9.47. The second kappa shape index (κ2) is 9.79. The number of carbonyl (C=O) groups is 1. The summed E-state index contributed by atoms with van der Waals surface area (Å²) in [6.07, 6.45) is 2.39. The number of methoxy groups -OCH3 is 2. The van der Waals surface area contributed by atoms with E-state index in [2.05, 4.69) is 15.9 Å². The van der Waals surface area contributed by atoms with Crippen molar-refractivity contribution in [1.29, 1.82) is 5.26 Å². The number of benzene rings is 2. The van der Waals surface area contributed by atoms with Crippen molar-refractivity contribution in [2.24, 2.45) is 0 Å². The standard InChI is InChI=1S/C21H20BrNO4/c1-4-8-27-21-18(22)10-14(11-19(21)26-3)9-16(13-23)20(24)15-6-5-7-17(12-15)25-2/h5-7,9-12H,4,8H2,1-3H3/b16-9+. The Morgan fingerprint density at radius 3 is 2.63 bits per heavy atom. The van der Waals surface area contributed by atoms with Crippen LogP contribution in [0.1, 0.15) is 29.3 Å². The summed E-state index contributed by atoms with van der Waals surface area (Å²) in [7, 11) is 3.07. The van der Waals surface area contributed by atoms with E-state index in [9.17, 15) is 10.1 Å². The molecule has 140 valence electrons. The summed E-state index contributed by atoms with van der Waals surface area (Å²) < 4.78 is 16.9. The minimum Gasteiger partial charge on any atom is -0.497 e. The monoisotopic (exact) mass is 429 g/mol. The van der Waals surface area contributed by atoms with E-state index < -0.39 is 0 Å².